The highest BCUT2D eigenvalue weighted by atomic mass is 79.9. The van der Waals surface area contributed by atoms with Crippen LogP contribution in [0.25, 0.3) is 0 Å². The molecular formula is C11H16BrN3O. The molecule has 0 spiro atoms. The van der Waals surface area contributed by atoms with Crippen LogP contribution in [0.5, 0.6) is 0 Å². The Hall–Kier alpha value is -0.680. The molecule has 1 aliphatic rings. The van der Waals surface area contributed by atoms with Gasteiger partial charge in [-0.25, -0.2) is 9.97 Å². The van der Waals surface area contributed by atoms with Crippen LogP contribution in [0, 0.1) is 5.41 Å². The van der Waals surface area contributed by atoms with Gasteiger partial charge in [0.2, 0.25) is 0 Å². The molecule has 1 aromatic rings. The fourth-order valence-corrected chi connectivity index (χ4v) is 1.98. The van der Waals surface area contributed by atoms with Gasteiger partial charge in [0, 0.05) is 24.4 Å². The first-order valence-corrected chi connectivity index (χ1v) is 6.35. The minimum atomic E-state index is 0.101. The van der Waals surface area contributed by atoms with Crippen LogP contribution in [-0.4, -0.2) is 28.2 Å². The summed E-state index contributed by atoms with van der Waals surface area (Å²) in [6.45, 7) is 3.07. The highest BCUT2D eigenvalue weighted by Crippen LogP contribution is 2.44. The molecule has 2 N–H and O–H groups in total. The molecule has 2 rings (SSSR count). The Morgan fingerprint density at radius 1 is 1.50 bits per heavy atom. The third kappa shape index (κ3) is 2.71. The van der Waals surface area contributed by atoms with Crippen LogP contribution in [0.3, 0.4) is 0 Å². The summed E-state index contributed by atoms with van der Waals surface area (Å²) in [5.74, 6) is 1.66. The Morgan fingerprint density at radius 3 is 2.81 bits per heavy atom. The SMILES string of the molecule is CCc1nc(Br)cc(NCC2(CO)CC2)n1. The van der Waals surface area contributed by atoms with Crippen molar-refractivity contribution >= 4 is 21.7 Å². The van der Waals surface area contributed by atoms with E-state index in [9.17, 15) is 5.11 Å². The number of halogens is 1. The van der Waals surface area contributed by atoms with E-state index in [1.165, 1.54) is 0 Å². The first-order chi connectivity index (χ1) is 7.67. The molecule has 0 saturated heterocycles. The molecular weight excluding hydrogens is 270 g/mol. The summed E-state index contributed by atoms with van der Waals surface area (Å²) < 4.78 is 0.802. The number of aryl methyl sites for hydroxylation is 1. The van der Waals surface area contributed by atoms with Crippen LogP contribution < -0.4 is 5.32 Å². The molecule has 0 bridgehead atoms. The zero-order chi connectivity index (χ0) is 11.6. The van der Waals surface area contributed by atoms with Gasteiger partial charge < -0.3 is 10.4 Å². The van der Waals surface area contributed by atoms with Gasteiger partial charge in [-0.05, 0) is 28.8 Å². The highest BCUT2D eigenvalue weighted by Gasteiger charge is 2.41. The van der Waals surface area contributed by atoms with Crippen molar-refractivity contribution in [3.05, 3.63) is 16.5 Å². The predicted octanol–water partition coefficient (Wildman–Crippen LogP) is 1.99. The second-order valence-electron chi connectivity index (χ2n) is 4.36. The largest absolute Gasteiger partial charge is 0.396 e. The topological polar surface area (TPSA) is 58.0 Å². The monoisotopic (exact) mass is 285 g/mol. The number of aromatic nitrogens is 2. The Bertz CT molecular complexity index is 379. The molecule has 16 heavy (non-hydrogen) atoms. The Balaban J connectivity index is 2.01. The number of anilines is 1. The van der Waals surface area contributed by atoms with Crippen molar-refractivity contribution in [3.63, 3.8) is 0 Å². The van der Waals surface area contributed by atoms with Crippen LogP contribution in [0.1, 0.15) is 25.6 Å². The summed E-state index contributed by atoms with van der Waals surface area (Å²) in [4.78, 5) is 8.63. The van der Waals surface area contributed by atoms with E-state index in [0.717, 1.165) is 42.1 Å². The molecule has 1 aliphatic carbocycles. The maximum absolute atomic E-state index is 9.21. The Kier molecular flexibility index (Phi) is 3.44. The van der Waals surface area contributed by atoms with E-state index in [-0.39, 0.29) is 12.0 Å². The molecule has 88 valence electrons. The molecule has 1 saturated carbocycles. The van der Waals surface area contributed by atoms with Gasteiger partial charge in [0.05, 0.1) is 6.61 Å². The van der Waals surface area contributed by atoms with Crippen LogP contribution in [-0.2, 0) is 6.42 Å². The van der Waals surface area contributed by atoms with Gasteiger partial charge in [-0.1, -0.05) is 6.92 Å². The third-order valence-corrected chi connectivity index (χ3v) is 3.40. The lowest BCUT2D eigenvalue weighted by molar-refractivity contribution is 0.219. The van der Waals surface area contributed by atoms with Gasteiger partial charge in [0.25, 0.3) is 0 Å². The fraction of sp³-hybridized carbons (Fsp3) is 0.636. The lowest BCUT2D eigenvalue weighted by Crippen LogP contribution is -2.19. The van der Waals surface area contributed by atoms with E-state index >= 15 is 0 Å². The second-order valence-corrected chi connectivity index (χ2v) is 5.17. The van der Waals surface area contributed by atoms with Crippen molar-refractivity contribution in [2.24, 2.45) is 5.41 Å². The van der Waals surface area contributed by atoms with Crippen LogP contribution in [0.15, 0.2) is 10.7 Å². The van der Waals surface area contributed by atoms with E-state index in [0.29, 0.717) is 0 Å². The van der Waals surface area contributed by atoms with Gasteiger partial charge in [-0.15, -0.1) is 0 Å². The van der Waals surface area contributed by atoms with Gasteiger partial charge in [0.1, 0.15) is 16.2 Å². The van der Waals surface area contributed by atoms with Crippen molar-refractivity contribution in [3.8, 4) is 0 Å². The van der Waals surface area contributed by atoms with E-state index < -0.39 is 0 Å². The second kappa shape index (κ2) is 4.67. The summed E-state index contributed by atoms with van der Waals surface area (Å²) in [6.07, 6.45) is 3.02. The number of nitrogens with zero attached hydrogens (tertiary/aromatic N) is 2. The van der Waals surface area contributed by atoms with Crippen molar-refractivity contribution in [2.75, 3.05) is 18.5 Å². The number of nitrogens with one attached hydrogen (secondary N) is 1. The molecule has 5 heteroatoms. The smallest absolute Gasteiger partial charge is 0.131 e. The first-order valence-electron chi connectivity index (χ1n) is 5.56. The zero-order valence-electron chi connectivity index (χ0n) is 9.33. The summed E-state index contributed by atoms with van der Waals surface area (Å²) in [5.41, 5.74) is 0.101. The first kappa shape index (κ1) is 11.8. The van der Waals surface area contributed by atoms with E-state index in [4.69, 9.17) is 0 Å². The average molecular weight is 286 g/mol. The fourth-order valence-electron chi connectivity index (χ4n) is 1.56. The molecule has 0 aromatic carbocycles. The number of rotatable bonds is 5. The van der Waals surface area contributed by atoms with Gasteiger partial charge in [-0.2, -0.15) is 0 Å². The Labute approximate surface area is 104 Å². The number of hydrogen-bond acceptors (Lipinski definition) is 4. The average Bonchev–Trinajstić information content (AvgIpc) is 3.06. The number of aliphatic hydroxyl groups excluding tert-OH is 1. The highest BCUT2D eigenvalue weighted by molar-refractivity contribution is 9.10. The number of hydrogen-bond donors (Lipinski definition) is 2. The standard InChI is InChI=1S/C11H16BrN3O/c1-2-9-14-8(12)5-10(15-9)13-6-11(7-16)3-4-11/h5,16H,2-4,6-7H2,1H3,(H,13,14,15). The third-order valence-electron chi connectivity index (χ3n) is 2.99. The molecule has 1 heterocycles. The molecule has 1 fully saturated rings. The quantitative estimate of drug-likeness (QED) is 0.813. The number of aliphatic hydroxyl groups is 1. The maximum atomic E-state index is 9.21. The normalized spacial score (nSPS) is 17.2. The van der Waals surface area contributed by atoms with Crippen molar-refractivity contribution in [1.82, 2.24) is 9.97 Å². The maximum Gasteiger partial charge on any atom is 0.131 e. The minimum absolute atomic E-state index is 0.101. The van der Waals surface area contributed by atoms with E-state index in [1.807, 2.05) is 13.0 Å². The van der Waals surface area contributed by atoms with Crippen molar-refractivity contribution < 1.29 is 5.11 Å². The van der Waals surface area contributed by atoms with Crippen LogP contribution in [0.2, 0.25) is 0 Å². The lowest BCUT2D eigenvalue weighted by atomic mass is 10.1. The summed E-state index contributed by atoms with van der Waals surface area (Å²) >= 11 is 3.37. The molecule has 4 nitrogen and oxygen atoms in total. The van der Waals surface area contributed by atoms with Crippen LogP contribution >= 0.6 is 15.9 Å². The zero-order valence-corrected chi connectivity index (χ0v) is 10.9. The minimum Gasteiger partial charge on any atom is -0.396 e. The van der Waals surface area contributed by atoms with Crippen molar-refractivity contribution in [2.45, 2.75) is 26.2 Å². The van der Waals surface area contributed by atoms with Gasteiger partial charge in [0.15, 0.2) is 0 Å². The summed E-state index contributed by atoms with van der Waals surface area (Å²) in [5, 5.41) is 12.5. The molecule has 0 radical (unpaired) electrons. The molecule has 0 aliphatic heterocycles. The Morgan fingerprint density at radius 2 is 2.25 bits per heavy atom. The molecule has 0 amide bonds. The predicted molar refractivity (Wildman–Crippen MR) is 66.4 cm³/mol. The van der Waals surface area contributed by atoms with Crippen molar-refractivity contribution in [1.29, 1.82) is 0 Å². The van der Waals surface area contributed by atoms with Gasteiger partial charge in [-0.3, -0.25) is 0 Å². The van der Waals surface area contributed by atoms with Gasteiger partial charge >= 0.3 is 0 Å². The van der Waals surface area contributed by atoms with Crippen LogP contribution in [0.4, 0.5) is 5.82 Å². The molecule has 0 unspecified atom stereocenters. The summed E-state index contributed by atoms with van der Waals surface area (Å²) in [7, 11) is 0. The molecule has 0 atom stereocenters. The van der Waals surface area contributed by atoms with E-state index in [2.05, 4.69) is 31.2 Å². The van der Waals surface area contributed by atoms with E-state index in [1.54, 1.807) is 0 Å². The lowest BCUT2D eigenvalue weighted by Gasteiger charge is -2.13. The molecule has 1 aromatic heterocycles. The summed E-state index contributed by atoms with van der Waals surface area (Å²) in [6, 6.07) is 1.87.